The van der Waals surface area contributed by atoms with Crippen LogP contribution in [0, 0.1) is 13.8 Å². The zero-order chi connectivity index (χ0) is 19.1. The summed E-state index contributed by atoms with van der Waals surface area (Å²) in [6.07, 6.45) is 1.74. The lowest BCUT2D eigenvalue weighted by molar-refractivity contribution is -0.127. The number of amides is 1. The summed E-state index contributed by atoms with van der Waals surface area (Å²) in [4.78, 5) is 24.4. The zero-order valence-electron chi connectivity index (χ0n) is 15.7. The molecular weight excluding hydrogens is 380 g/mol. The van der Waals surface area contributed by atoms with Crippen LogP contribution in [0.25, 0.3) is 26.1 Å². The van der Waals surface area contributed by atoms with Gasteiger partial charge in [-0.15, -0.1) is 21.5 Å². The number of rotatable bonds is 5. The molecule has 7 nitrogen and oxygen atoms in total. The topological polar surface area (TPSA) is 76.3 Å². The normalized spacial score (nSPS) is 11.7. The smallest absolute Gasteiger partial charge is 0.233 e. The van der Waals surface area contributed by atoms with E-state index in [-0.39, 0.29) is 5.91 Å². The molecular formula is C18H20N6OS2. The summed E-state index contributed by atoms with van der Waals surface area (Å²) in [5, 5.41) is 10.4. The van der Waals surface area contributed by atoms with Crippen LogP contribution in [0.3, 0.4) is 0 Å². The fourth-order valence-electron chi connectivity index (χ4n) is 3.24. The minimum Gasteiger partial charge on any atom is -0.343 e. The molecule has 4 heterocycles. The van der Waals surface area contributed by atoms with E-state index < -0.39 is 0 Å². The van der Waals surface area contributed by atoms with E-state index in [0.717, 1.165) is 31.8 Å². The molecule has 0 aliphatic rings. The van der Waals surface area contributed by atoms with Gasteiger partial charge in [0.25, 0.3) is 0 Å². The summed E-state index contributed by atoms with van der Waals surface area (Å²) >= 11 is 2.98. The van der Waals surface area contributed by atoms with E-state index in [1.54, 1.807) is 17.7 Å². The van der Waals surface area contributed by atoms with Crippen LogP contribution < -0.4 is 0 Å². The average Bonchev–Trinajstić information content (AvgIpc) is 3.21. The van der Waals surface area contributed by atoms with Gasteiger partial charge in [-0.2, -0.15) is 0 Å². The van der Waals surface area contributed by atoms with E-state index in [1.807, 2.05) is 30.1 Å². The summed E-state index contributed by atoms with van der Waals surface area (Å²) in [6, 6.07) is 2.07. The SMILES string of the molecule is CCN(CC)C(=O)CSc1nnc2c3sc4nc(C)cc(C)c4c3ncn12. The van der Waals surface area contributed by atoms with E-state index >= 15 is 0 Å². The van der Waals surface area contributed by atoms with Crippen LogP contribution in [0.1, 0.15) is 25.1 Å². The zero-order valence-corrected chi connectivity index (χ0v) is 17.3. The number of thioether (sulfide) groups is 1. The van der Waals surface area contributed by atoms with E-state index in [1.165, 1.54) is 17.3 Å². The molecule has 0 bridgehead atoms. The van der Waals surface area contributed by atoms with Gasteiger partial charge in [-0.05, 0) is 39.3 Å². The number of hydrogen-bond acceptors (Lipinski definition) is 7. The molecule has 9 heteroatoms. The minimum atomic E-state index is 0.105. The highest BCUT2D eigenvalue weighted by atomic mass is 32.2. The molecule has 0 radical (unpaired) electrons. The number of aromatic nitrogens is 5. The van der Waals surface area contributed by atoms with Gasteiger partial charge in [0.1, 0.15) is 15.9 Å². The lowest BCUT2D eigenvalue weighted by Gasteiger charge is -2.17. The monoisotopic (exact) mass is 400 g/mol. The summed E-state index contributed by atoms with van der Waals surface area (Å²) in [5.74, 6) is 0.445. The van der Waals surface area contributed by atoms with E-state index in [9.17, 15) is 4.79 Å². The van der Waals surface area contributed by atoms with Crippen molar-refractivity contribution in [2.45, 2.75) is 32.9 Å². The third-order valence-electron chi connectivity index (χ3n) is 4.57. The van der Waals surface area contributed by atoms with Crippen molar-refractivity contribution >= 4 is 55.1 Å². The Hall–Kier alpha value is -2.26. The Labute approximate surface area is 164 Å². The van der Waals surface area contributed by atoms with Gasteiger partial charge in [0, 0.05) is 24.2 Å². The fourth-order valence-corrected chi connectivity index (χ4v) is 5.27. The Morgan fingerprint density at radius 2 is 2.04 bits per heavy atom. The van der Waals surface area contributed by atoms with E-state index in [2.05, 4.69) is 33.2 Å². The second-order valence-electron chi connectivity index (χ2n) is 6.32. The van der Waals surface area contributed by atoms with Crippen LogP contribution in [0.5, 0.6) is 0 Å². The summed E-state index contributed by atoms with van der Waals surface area (Å²) in [7, 11) is 0. The Bertz CT molecular complexity index is 1160. The second-order valence-corrected chi connectivity index (χ2v) is 8.26. The van der Waals surface area contributed by atoms with Gasteiger partial charge in [0.05, 0.1) is 11.3 Å². The number of thiophene rings is 1. The highest BCUT2D eigenvalue weighted by Crippen LogP contribution is 2.36. The van der Waals surface area contributed by atoms with Gasteiger partial charge in [0.15, 0.2) is 10.8 Å². The fraction of sp³-hybridized carbons (Fsp3) is 0.389. The molecule has 4 aromatic rings. The van der Waals surface area contributed by atoms with Crippen molar-refractivity contribution in [2.75, 3.05) is 18.8 Å². The van der Waals surface area contributed by atoms with Crippen molar-refractivity contribution in [1.82, 2.24) is 29.5 Å². The standard InChI is InChI=1S/C18H20N6OS2/c1-5-23(6-2)12(25)8-26-18-22-21-16-15-14(19-9-24(16)18)13-10(3)7-11(4)20-17(13)27-15/h7,9H,5-6,8H2,1-4H3. The van der Waals surface area contributed by atoms with Crippen LogP contribution in [0.4, 0.5) is 0 Å². The van der Waals surface area contributed by atoms with Crippen molar-refractivity contribution in [1.29, 1.82) is 0 Å². The van der Waals surface area contributed by atoms with Crippen LogP contribution in [0.15, 0.2) is 17.6 Å². The van der Waals surface area contributed by atoms with Crippen molar-refractivity contribution < 1.29 is 4.79 Å². The van der Waals surface area contributed by atoms with Gasteiger partial charge < -0.3 is 4.90 Å². The van der Waals surface area contributed by atoms with Crippen LogP contribution in [-0.4, -0.2) is 54.2 Å². The number of aryl methyl sites for hydroxylation is 2. The van der Waals surface area contributed by atoms with E-state index in [4.69, 9.17) is 0 Å². The first-order valence-electron chi connectivity index (χ1n) is 8.84. The number of nitrogens with zero attached hydrogens (tertiary/aromatic N) is 6. The Kier molecular flexibility index (Phi) is 4.73. The molecule has 27 heavy (non-hydrogen) atoms. The summed E-state index contributed by atoms with van der Waals surface area (Å²) in [6.45, 7) is 9.48. The van der Waals surface area contributed by atoms with Gasteiger partial charge >= 0.3 is 0 Å². The lowest BCUT2D eigenvalue weighted by atomic mass is 10.1. The van der Waals surface area contributed by atoms with Crippen molar-refractivity contribution in [2.24, 2.45) is 0 Å². The molecule has 0 aromatic carbocycles. The minimum absolute atomic E-state index is 0.105. The summed E-state index contributed by atoms with van der Waals surface area (Å²) < 4.78 is 2.84. The lowest BCUT2D eigenvalue weighted by Crippen LogP contribution is -2.31. The van der Waals surface area contributed by atoms with Crippen molar-refractivity contribution in [3.63, 3.8) is 0 Å². The Morgan fingerprint density at radius 3 is 2.78 bits per heavy atom. The van der Waals surface area contributed by atoms with Gasteiger partial charge in [-0.3, -0.25) is 9.20 Å². The van der Waals surface area contributed by atoms with Gasteiger partial charge in [-0.1, -0.05) is 11.8 Å². The Morgan fingerprint density at radius 1 is 1.26 bits per heavy atom. The molecule has 0 saturated heterocycles. The van der Waals surface area contributed by atoms with Crippen LogP contribution >= 0.6 is 23.1 Å². The first-order chi connectivity index (χ1) is 13.0. The molecule has 0 unspecified atom stereocenters. The van der Waals surface area contributed by atoms with Gasteiger partial charge in [0.2, 0.25) is 5.91 Å². The molecule has 4 aromatic heterocycles. The molecule has 0 aliphatic heterocycles. The highest BCUT2D eigenvalue weighted by molar-refractivity contribution is 7.99. The van der Waals surface area contributed by atoms with Crippen LogP contribution in [0.2, 0.25) is 0 Å². The van der Waals surface area contributed by atoms with Crippen molar-refractivity contribution in [3.05, 3.63) is 23.7 Å². The predicted octanol–water partition coefficient (Wildman–Crippen LogP) is 3.46. The molecule has 0 aliphatic carbocycles. The van der Waals surface area contributed by atoms with E-state index in [0.29, 0.717) is 24.0 Å². The predicted molar refractivity (Wildman–Crippen MR) is 110 cm³/mol. The molecule has 0 fully saturated rings. The molecule has 0 atom stereocenters. The van der Waals surface area contributed by atoms with Crippen molar-refractivity contribution in [3.8, 4) is 0 Å². The largest absolute Gasteiger partial charge is 0.343 e. The molecule has 0 saturated carbocycles. The maximum Gasteiger partial charge on any atom is 0.233 e. The molecule has 0 spiro atoms. The number of carbonyl (C=O) groups excluding carboxylic acids is 1. The van der Waals surface area contributed by atoms with Gasteiger partial charge in [-0.25, -0.2) is 9.97 Å². The molecule has 4 rings (SSSR count). The maximum absolute atomic E-state index is 12.3. The first kappa shape index (κ1) is 18.1. The number of pyridine rings is 1. The third-order valence-corrected chi connectivity index (χ3v) is 6.57. The number of fused-ring (bicyclic) bond motifs is 5. The first-order valence-corrected chi connectivity index (χ1v) is 10.6. The summed E-state index contributed by atoms with van der Waals surface area (Å²) in [5.41, 5.74) is 3.84. The molecule has 1 amide bonds. The molecule has 0 N–H and O–H groups in total. The second kappa shape index (κ2) is 7.05. The third kappa shape index (κ3) is 3.04. The number of carbonyl (C=O) groups is 1. The number of hydrogen-bond donors (Lipinski definition) is 0. The quantitative estimate of drug-likeness (QED) is 0.478. The highest BCUT2D eigenvalue weighted by Gasteiger charge is 2.18. The Balaban J connectivity index is 1.74. The average molecular weight is 401 g/mol. The molecule has 140 valence electrons. The van der Waals surface area contributed by atoms with Crippen LogP contribution in [-0.2, 0) is 4.79 Å². The maximum atomic E-state index is 12.3.